The number of carbonyl (C=O) groups is 1. The molecule has 2 aliphatic carbocycles. The first-order chi connectivity index (χ1) is 13.9. The van der Waals surface area contributed by atoms with Crippen LogP contribution >= 0.6 is 0 Å². The molecule has 5 fully saturated rings. The minimum Gasteiger partial charge on any atom is -0.472 e. The predicted molar refractivity (Wildman–Crippen MR) is 98.5 cm³/mol. The zero-order valence-electron chi connectivity index (χ0n) is 16.8. The Labute approximate surface area is 169 Å². The van der Waals surface area contributed by atoms with Crippen molar-refractivity contribution in [2.24, 2.45) is 22.7 Å². The van der Waals surface area contributed by atoms with Gasteiger partial charge in [0.05, 0.1) is 37.3 Å². The highest BCUT2D eigenvalue weighted by atomic mass is 16.7. The fourth-order valence-electron chi connectivity index (χ4n) is 7.50. The molecule has 4 heterocycles. The Kier molecular flexibility index (Phi) is 3.70. The van der Waals surface area contributed by atoms with Crippen molar-refractivity contribution in [1.82, 2.24) is 0 Å². The molecule has 2 spiro atoms. The summed E-state index contributed by atoms with van der Waals surface area (Å²) < 4.78 is 29.9. The summed E-state index contributed by atoms with van der Waals surface area (Å²) in [4.78, 5) is 12.0. The van der Waals surface area contributed by atoms with Gasteiger partial charge in [0.1, 0.15) is 17.8 Å². The van der Waals surface area contributed by atoms with Crippen LogP contribution in [0, 0.1) is 22.7 Å². The Morgan fingerprint density at radius 3 is 2.86 bits per heavy atom. The molecule has 9 atom stereocenters. The lowest BCUT2D eigenvalue weighted by Gasteiger charge is -2.67. The van der Waals surface area contributed by atoms with Gasteiger partial charge in [0.2, 0.25) is 0 Å². The smallest absolute Gasteiger partial charge is 0.303 e. The number of esters is 1. The molecule has 1 aromatic rings. The summed E-state index contributed by atoms with van der Waals surface area (Å²) in [6.07, 6.45) is 5.18. The average molecular weight is 404 g/mol. The maximum Gasteiger partial charge on any atom is 0.303 e. The molecule has 7 nitrogen and oxygen atoms in total. The lowest BCUT2D eigenvalue weighted by Crippen LogP contribution is -2.76. The topological polar surface area (TPSA) is 90.7 Å². The molecule has 0 amide bonds. The fraction of sp³-hybridized carbons (Fsp3) is 0.773. The molecule has 1 aromatic heterocycles. The Morgan fingerprint density at radius 2 is 2.17 bits per heavy atom. The summed E-state index contributed by atoms with van der Waals surface area (Å²) in [5.41, 5.74) is -0.292. The molecule has 7 heteroatoms. The van der Waals surface area contributed by atoms with Gasteiger partial charge in [-0.3, -0.25) is 4.79 Å². The van der Waals surface area contributed by atoms with E-state index in [9.17, 15) is 9.90 Å². The Morgan fingerprint density at radius 1 is 1.34 bits per heavy atom. The third-order valence-corrected chi connectivity index (χ3v) is 8.82. The van der Waals surface area contributed by atoms with Gasteiger partial charge in [-0.2, -0.15) is 0 Å². The molecule has 2 bridgehead atoms. The highest BCUT2D eigenvalue weighted by Gasteiger charge is 2.81. The van der Waals surface area contributed by atoms with Gasteiger partial charge in [0, 0.05) is 23.8 Å². The van der Waals surface area contributed by atoms with Gasteiger partial charge in [-0.1, -0.05) is 13.3 Å². The number of aliphatic hydroxyl groups excluding tert-OH is 1. The number of furan rings is 1. The van der Waals surface area contributed by atoms with Crippen LogP contribution in [0.5, 0.6) is 0 Å². The van der Waals surface area contributed by atoms with Crippen LogP contribution in [0.15, 0.2) is 23.0 Å². The van der Waals surface area contributed by atoms with Crippen LogP contribution in [0.4, 0.5) is 0 Å². The molecular formula is C22H28O7. The van der Waals surface area contributed by atoms with Crippen LogP contribution in [-0.2, 0) is 23.7 Å². The largest absolute Gasteiger partial charge is 0.472 e. The van der Waals surface area contributed by atoms with E-state index in [0.29, 0.717) is 13.2 Å². The summed E-state index contributed by atoms with van der Waals surface area (Å²) >= 11 is 0. The van der Waals surface area contributed by atoms with E-state index >= 15 is 0 Å². The fourth-order valence-corrected chi connectivity index (χ4v) is 7.50. The van der Waals surface area contributed by atoms with Gasteiger partial charge in [-0.25, -0.2) is 0 Å². The molecular weight excluding hydrogens is 376 g/mol. The van der Waals surface area contributed by atoms with E-state index in [1.54, 1.807) is 12.5 Å². The van der Waals surface area contributed by atoms with E-state index < -0.39 is 23.9 Å². The lowest BCUT2D eigenvalue weighted by molar-refractivity contribution is -0.352. The van der Waals surface area contributed by atoms with Crippen molar-refractivity contribution in [2.45, 2.75) is 69.7 Å². The molecule has 5 aliphatic rings. The number of carbonyl (C=O) groups excluding carboxylic acids is 1. The number of hydrogen-bond donors (Lipinski definition) is 1. The van der Waals surface area contributed by atoms with Crippen LogP contribution in [0.1, 0.15) is 51.2 Å². The first kappa shape index (κ1) is 18.4. The molecule has 0 aromatic carbocycles. The van der Waals surface area contributed by atoms with Gasteiger partial charge >= 0.3 is 5.97 Å². The third-order valence-electron chi connectivity index (χ3n) is 8.82. The van der Waals surface area contributed by atoms with E-state index in [0.717, 1.165) is 31.2 Å². The maximum absolute atomic E-state index is 12.0. The van der Waals surface area contributed by atoms with Crippen molar-refractivity contribution in [2.75, 3.05) is 13.2 Å². The van der Waals surface area contributed by atoms with E-state index in [-0.39, 0.29) is 34.9 Å². The molecule has 6 rings (SSSR count). The van der Waals surface area contributed by atoms with Crippen molar-refractivity contribution in [3.05, 3.63) is 24.2 Å². The number of aliphatic hydroxyl groups is 1. The van der Waals surface area contributed by atoms with Crippen LogP contribution in [-0.4, -0.2) is 48.4 Å². The van der Waals surface area contributed by atoms with Crippen LogP contribution in [0.3, 0.4) is 0 Å². The van der Waals surface area contributed by atoms with E-state index in [1.807, 2.05) is 6.07 Å². The van der Waals surface area contributed by atoms with E-state index in [4.69, 9.17) is 23.4 Å². The summed E-state index contributed by atoms with van der Waals surface area (Å²) in [6.45, 7) is 4.50. The average Bonchev–Trinajstić information content (AvgIpc) is 3.14. The highest BCUT2D eigenvalue weighted by Crippen LogP contribution is 2.74. The van der Waals surface area contributed by atoms with Crippen molar-refractivity contribution in [1.29, 1.82) is 0 Å². The third kappa shape index (κ3) is 2.10. The Hall–Kier alpha value is -1.41. The number of hydrogen-bond acceptors (Lipinski definition) is 7. The predicted octanol–water partition coefficient (Wildman–Crippen LogP) is 2.58. The molecule has 0 unspecified atom stereocenters. The van der Waals surface area contributed by atoms with Crippen LogP contribution in [0.2, 0.25) is 0 Å². The minimum absolute atomic E-state index is 0.101. The monoisotopic (exact) mass is 404 g/mol. The molecule has 158 valence electrons. The van der Waals surface area contributed by atoms with Crippen molar-refractivity contribution >= 4 is 5.97 Å². The number of ether oxygens (including phenoxy) is 4. The SMILES string of the molecule is CC(=O)O[C@H]1[C@H](C)[C@@]23C[C@@H](c4ccoc4)O[C@H]2OC[C@]2([C@@H]3CCC[C@]23CO3)[C@H]1O. The summed E-state index contributed by atoms with van der Waals surface area (Å²) in [5, 5.41) is 11.6. The van der Waals surface area contributed by atoms with Gasteiger partial charge in [-0.05, 0) is 31.2 Å². The van der Waals surface area contributed by atoms with Crippen molar-refractivity contribution in [3.63, 3.8) is 0 Å². The second-order valence-corrected chi connectivity index (χ2v) is 9.72. The minimum atomic E-state index is -0.811. The summed E-state index contributed by atoms with van der Waals surface area (Å²) in [6, 6.07) is 1.93. The second-order valence-electron chi connectivity index (χ2n) is 9.72. The van der Waals surface area contributed by atoms with Gasteiger partial charge in [0.15, 0.2) is 6.29 Å². The first-order valence-corrected chi connectivity index (χ1v) is 10.7. The molecule has 3 saturated heterocycles. The molecule has 2 saturated carbocycles. The standard InChI is InChI=1S/C22H28O7/c1-12-17(28-13(2)23)18(24)22-11-26-19-21(12,8-15(29-19)14-5-7-25-9-14)16(22)4-3-6-20(22)10-27-20/h5,7,9,12,15-19,24H,3-4,6,8,10-11H2,1-2H3/t12-,15-,16+,17-,18-,19+,20-,21+,22-/m0/s1. The summed E-state index contributed by atoms with van der Waals surface area (Å²) in [5.74, 6) is -0.274. The Balaban J connectivity index is 1.49. The van der Waals surface area contributed by atoms with Crippen LogP contribution in [0.25, 0.3) is 0 Å². The maximum atomic E-state index is 12.0. The number of epoxide rings is 1. The van der Waals surface area contributed by atoms with Gasteiger partial charge in [-0.15, -0.1) is 0 Å². The van der Waals surface area contributed by atoms with Crippen molar-refractivity contribution in [3.8, 4) is 0 Å². The molecule has 0 radical (unpaired) electrons. The van der Waals surface area contributed by atoms with Gasteiger partial charge in [0.25, 0.3) is 0 Å². The zero-order chi connectivity index (χ0) is 20.0. The molecule has 1 N–H and O–H groups in total. The van der Waals surface area contributed by atoms with E-state index in [2.05, 4.69) is 6.92 Å². The molecule has 3 aliphatic heterocycles. The Bertz CT molecular complexity index is 817. The lowest BCUT2D eigenvalue weighted by atomic mass is 9.41. The zero-order valence-corrected chi connectivity index (χ0v) is 16.8. The summed E-state index contributed by atoms with van der Waals surface area (Å²) in [7, 11) is 0. The second kappa shape index (κ2) is 5.84. The van der Waals surface area contributed by atoms with E-state index in [1.165, 1.54) is 6.92 Å². The van der Waals surface area contributed by atoms with Crippen LogP contribution < -0.4 is 0 Å². The van der Waals surface area contributed by atoms with Crippen molar-refractivity contribution < 1.29 is 33.3 Å². The first-order valence-electron chi connectivity index (χ1n) is 10.7. The van der Waals surface area contributed by atoms with Gasteiger partial charge < -0.3 is 28.5 Å². The normalized spacial score (nSPS) is 52.7. The molecule has 29 heavy (non-hydrogen) atoms. The quantitative estimate of drug-likeness (QED) is 0.598. The highest BCUT2D eigenvalue weighted by molar-refractivity contribution is 5.66. The number of rotatable bonds is 2.